The Morgan fingerprint density at radius 3 is 0.909 bits per heavy atom. The van der Waals surface area contributed by atoms with Gasteiger partial charge >= 0.3 is 38.1 Å². The minimum atomic E-state index is -4.92. The van der Waals surface area contributed by atoms with Gasteiger partial charge < -0.3 is 4.55 Å². The molecule has 0 atom stereocenters. The molecular formula is H3HgO8S2. The van der Waals surface area contributed by atoms with Crippen molar-refractivity contribution in [1.82, 2.24) is 0 Å². The summed E-state index contributed by atoms with van der Waals surface area (Å²) in [7, 11) is -9.58. The number of hydrogen-bond acceptors (Lipinski definition) is 5. The van der Waals surface area contributed by atoms with E-state index in [1.54, 1.807) is 0 Å². The molecule has 0 heterocycles. The minimum Gasteiger partial charge on any atom is -0.726 e. The van der Waals surface area contributed by atoms with E-state index in [0.717, 1.165) is 0 Å². The predicted molar refractivity (Wildman–Crippen MR) is 26.5 cm³/mol. The van der Waals surface area contributed by atoms with Gasteiger partial charge in [-0.05, 0) is 0 Å². The van der Waals surface area contributed by atoms with E-state index in [-0.39, 0.29) is 27.7 Å². The van der Waals surface area contributed by atoms with Crippen molar-refractivity contribution in [2.24, 2.45) is 0 Å². The molecule has 0 spiro atoms. The maximum atomic E-state index is 8.74. The maximum absolute atomic E-state index is 8.74. The molecule has 0 amide bonds. The van der Waals surface area contributed by atoms with Crippen LogP contribution in [0.2, 0.25) is 0 Å². The van der Waals surface area contributed by atoms with Crippen LogP contribution >= 0.6 is 0 Å². The number of hydrogen-bond donors (Lipinski definition) is 3. The molecule has 0 aromatic carbocycles. The maximum Gasteiger partial charge on any atom is 1.00 e. The van der Waals surface area contributed by atoms with Crippen LogP contribution in [0.25, 0.3) is 0 Å². The Kier molecular flexibility index (Phi) is 10.00. The standard InChI is InChI=1S/Hg.2H2O4S/c;2*1-5(2,3)4/h;2*(H2,1,2,3,4)/q+1;;/p-1. The Labute approximate surface area is 83.3 Å². The molecule has 1 radical (unpaired) electrons. The van der Waals surface area contributed by atoms with Crippen molar-refractivity contribution in [1.29, 1.82) is 0 Å². The van der Waals surface area contributed by atoms with E-state index in [2.05, 4.69) is 0 Å². The van der Waals surface area contributed by atoms with Crippen LogP contribution < -0.4 is 0 Å². The average molecular weight is 396 g/mol. The Balaban J connectivity index is -0.000000107. The Morgan fingerprint density at radius 1 is 0.909 bits per heavy atom. The third-order valence-corrected chi connectivity index (χ3v) is 0. The Hall–Kier alpha value is 0.675. The Bertz CT molecular complexity index is 208. The molecule has 11 heteroatoms. The van der Waals surface area contributed by atoms with Crippen LogP contribution in [0.4, 0.5) is 0 Å². The molecule has 65 valence electrons. The second kappa shape index (κ2) is 6.22. The molecule has 0 aliphatic rings. The van der Waals surface area contributed by atoms with Gasteiger partial charge in [-0.3, -0.25) is 13.7 Å². The molecule has 11 heavy (non-hydrogen) atoms. The predicted octanol–water partition coefficient (Wildman–Crippen LogP) is -1.65. The summed E-state index contributed by atoms with van der Waals surface area (Å²) >= 11 is 0. The first-order chi connectivity index (χ1) is 4.00. The molecule has 0 fully saturated rings. The summed E-state index contributed by atoms with van der Waals surface area (Å²) in [4.78, 5) is 0. The zero-order chi connectivity index (χ0) is 9.00. The Morgan fingerprint density at radius 2 is 0.909 bits per heavy atom. The van der Waals surface area contributed by atoms with Crippen LogP contribution in [0.15, 0.2) is 0 Å². The normalized spacial score (nSPS) is 10.5. The van der Waals surface area contributed by atoms with Gasteiger partial charge in [0.1, 0.15) is 0 Å². The fraction of sp³-hybridized carbons (Fsp3) is 0. The summed E-state index contributed by atoms with van der Waals surface area (Å²) in [6.45, 7) is 0. The van der Waals surface area contributed by atoms with E-state index in [4.69, 9.17) is 35.0 Å². The molecule has 3 N–H and O–H groups in total. The smallest absolute Gasteiger partial charge is 0.726 e. The molecule has 0 bridgehead atoms. The number of rotatable bonds is 0. The first kappa shape index (κ1) is 17.7. The van der Waals surface area contributed by atoms with Crippen LogP contribution in [-0.4, -0.2) is 35.0 Å². The van der Waals surface area contributed by atoms with Crippen molar-refractivity contribution in [3.8, 4) is 0 Å². The van der Waals surface area contributed by atoms with Crippen LogP contribution in [0.3, 0.4) is 0 Å². The molecule has 0 aromatic heterocycles. The average Bonchev–Trinajstić information content (AvgIpc) is 1.12. The largest absolute Gasteiger partial charge is 1.00 e. The molecular weight excluding hydrogens is 393 g/mol. The minimum absolute atomic E-state index is 0. The van der Waals surface area contributed by atoms with Crippen molar-refractivity contribution in [2.75, 3.05) is 0 Å². The van der Waals surface area contributed by atoms with E-state index in [0.29, 0.717) is 0 Å². The van der Waals surface area contributed by atoms with Gasteiger partial charge in [-0.15, -0.1) is 0 Å². The summed E-state index contributed by atoms with van der Waals surface area (Å²) in [5.74, 6) is 0. The van der Waals surface area contributed by atoms with Crippen molar-refractivity contribution >= 4 is 20.8 Å². The van der Waals surface area contributed by atoms with Crippen molar-refractivity contribution in [3.05, 3.63) is 0 Å². The quantitative estimate of drug-likeness (QED) is 0.250. The van der Waals surface area contributed by atoms with E-state index in [9.17, 15) is 0 Å². The van der Waals surface area contributed by atoms with Crippen LogP contribution in [0.5, 0.6) is 0 Å². The van der Waals surface area contributed by atoms with E-state index >= 15 is 0 Å². The van der Waals surface area contributed by atoms with Gasteiger partial charge in [0.2, 0.25) is 10.4 Å². The fourth-order valence-electron chi connectivity index (χ4n) is 0. The monoisotopic (exact) mass is 397 g/mol. The molecule has 0 aliphatic heterocycles. The summed E-state index contributed by atoms with van der Waals surface area (Å²) in [6.07, 6.45) is 0. The van der Waals surface area contributed by atoms with Gasteiger partial charge in [-0.2, -0.15) is 8.42 Å². The fourth-order valence-corrected chi connectivity index (χ4v) is 0. The van der Waals surface area contributed by atoms with E-state index < -0.39 is 20.8 Å². The van der Waals surface area contributed by atoms with Gasteiger partial charge in [0.25, 0.3) is 0 Å². The van der Waals surface area contributed by atoms with Crippen LogP contribution in [0, 0.1) is 0 Å². The summed E-state index contributed by atoms with van der Waals surface area (Å²) in [5, 5.41) is 0. The molecule has 0 aliphatic carbocycles. The first-order valence-corrected chi connectivity index (χ1v) is 4.14. The molecule has 8 nitrogen and oxygen atoms in total. The molecule has 0 saturated heterocycles. The van der Waals surface area contributed by atoms with Crippen molar-refractivity contribution in [3.63, 3.8) is 0 Å². The van der Waals surface area contributed by atoms with Gasteiger partial charge in [-0.25, -0.2) is 8.42 Å². The first-order valence-electron chi connectivity index (χ1n) is 1.38. The van der Waals surface area contributed by atoms with Gasteiger partial charge in [0.05, 0.1) is 0 Å². The summed E-state index contributed by atoms with van der Waals surface area (Å²) < 4.78 is 64.4. The van der Waals surface area contributed by atoms with Crippen LogP contribution in [-0.2, 0) is 48.5 Å². The third-order valence-electron chi connectivity index (χ3n) is 0. The summed E-state index contributed by atoms with van der Waals surface area (Å²) in [6, 6.07) is 0. The van der Waals surface area contributed by atoms with E-state index in [1.165, 1.54) is 0 Å². The zero-order valence-corrected chi connectivity index (χ0v) is 12.0. The van der Waals surface area contributed by atoms with Gasteiger partial charge in [-0.1, -0.05) is 0 Å². The second-order valence-electron chi connectivity index (χ2n) is 0.876. The van der Waals surface area contributed by atoms with Crippen molar-refractivity contribution < 1.29 is 62.7 Å². The van der Waals surface area contributed by atoms with Gasteiger partial charge in [0.15, 0.2) is 0 Å². The van der Waals surface area contributed by atoms with Gasteiger partial charge in [0, 0.05) is 0 Å². The van der Waals surface area contributed by atoms with Crippen LogP contribution in [0.1, 0.15) is 0 Å². The molecule has 0 unspecified atom stereocenters. The third kappa shape index (κ3) is 1760. The molecule has 0 saturated carbocycles. The zero-order valence-electron chi connectivity index (χ0n) is 4.91. The van der Waals surface area contributed by atoms with E-state index in [1.807, 2.05) is 0 Å². The second-order valence-corrected chi connectivity index (χ2v) is 2.63. The molecule has 0 rings (SSSR count). The SMILES string of the molecule is O=S(=O)(O)O.O=S(=O)([O-])O.[Hg+]. The summed E-state index contributed by atoms with van der Waals surface area (Å²) in [5.41, 5.74) is 0. The topological polar surface area (TPSA) is 152 Å². The molecule has 0 aromatic rings. The van der Waals surface area contributed by atoms with Crippen molar-refractivity contribution in [2.45, 2.75) is 0 Å².